The summed E-state index contributed by atoms with van der Waals surface area (Å²) < 4.78 is 0. The number of carbonyl (C=O) groups is 2. The molecule has 0 aromatic rings. The lowest BCUT2D eigenvalue weighted by Gasteiger charge is -2.23. The zero-order valence-electron chi connectivity index (χ0n) is 9.58. The molecule has 16 heavy (non-hydrogen) atoms. The maximum Gasteiger partial charge on any atom is 0.237 e. The summed E-state index contributed by atoms with van der Waals surface area (Å²) in [6, 6.07) is -0.512. The van der Waals surface area contributed by atoms with E-state index in [1.54, 1.807) is 0 Å². The van der Waals surface area contributed by atoms with Gasteiger partial charge in [-0.05, 0) is 12.3 Å². The molecule has 0 spiro atoms. The fourth-order valence-electron chi connectivity index (χ4n) is 2.19. The fourth-order valence-corrected chi connectivity index (χ4v) is 2.19. The number of hydrogen-bond acceptors (Lipinski definition) is 3. The topological polar surface area (TPSA) is 98.2 Å². The van der Waals surface area contributed by atoms with Crippen LogP contribution < -0.4 is 16.8 Å². The summed E-state index contributed by atoms with van der Waals surface area (Å²) in [6.07, 6.45) is 6.80. The molecule has 0 aromatic carbocycles. The molecule has 0 radical (unpaired) electrons. The average Bonchev–Trinajstić information content (AvgIpc) is 2.27. The van der Waals surface area contributed by atoms with Crippen molar-refractivity contribution in [2.24, 2.45) is 17.4 Å². The molecule has 0 bridgehead atoms. The first-order valence-electron chi connectivity index (χ1n) is 5.91. The lowest BCUT2D eigenvalue weighted by atomic mass is 9.85. The first-order chi connectivity index (χ1) is 7.59. The summed E-state index contributed by atoms with van der Waals surface area (Å²) in [5, 5.41) is 2.43. The lowest BCUT2D eigenvalue weighted by Crippen LogP contribution is -2.44. The van der Waals surface area contributed by atoms with Crippen molar-refractivity contribution in [2.45, 2.75) is 44.6 Å². The number of primary amides is 1. The Hall–Kier alpha value is -1.10. The van der Waals surface area contributed by atoms with Gasteiger partial charge in [0.25, 0.3) is 0 Å². The smallest absolute Gasteiger partial charge is 0.237 e. The van der Waals surface area contributed by atoms with Crippen LogP contribution in [0.2, 0.25) is 0 Å². The molecule has 1 rings (SSSR count). The van der Waals surface area contributed by atoms with Crippen LogP contribution in [0.3, 0.4) is 0 Å². The highest BCUT2D eigenvalue weighted by Gasteiger charge is 2.21. The van der Waals surface area contributed by atoms with E-state index in [-0.39, 0.29) is 12.5 Å². The van der Waals surface area contributed by atoms with Crippen molar-refractivity contribution in [3.63, 3.8) is 0 Å². The maximum atomic E-state index is 11.5. The van der Waals surface area contributed by atoms with E-state index in [9.17, 15) is 9.59 Å². The van der Waals surface area contributed by atoms with Gasteiger partial charge < -0.3 is 16.8 Å². The molecule has 5 N–H and O–H groups in total. The highest BCUT2D eigenvalue weighted by Crippen LogP contribution is 2.26. The highest BCUT2D eigenvalue weighted by atomic mass is 16.2. The van der Waals surface area contributed by atoms with Crippen molar-refractivity contribution in [3.8, 4) is 0 Å². The minimum atomic E-state index is -0.543. The van der Waals surface area contributed by atoms with Crippen molar-refractivity contribution in [1.82, 2.24) is 5.32 Å². The molecule has 0 saturated heterocycles. The summed E-state index contributed by atoms with van der Waals surface area (Å²) in [4.78, 5) is 22.0. The van der Waals surface area contributed by atoms with Crippen LogP contribution in [0.25, 0.3) is 0 Å². The van der Waals surface area contributed by atoms with Gasteiger partial charge in [-0.1, -0.05) is 32.1 Å². The summed E-state index contributed by atoms with van der Waals surface area (Å²) in [5.41, 5.74) is 10.7. The third-order valence-corrected chi connectivity index (χ3v) is 3.09. The minimum Gasteiger partial charge on any atom is -0.368 e. The van der Waals surface area contributed by atoms with Crippen LogP contribution in [0, 0.1) is 5.92 Å². The molecule has 2 amide bonds. The second-order valence-corrected chi connectivity index (χ2v) is 4.53. The van der Waals surface area contributed by atoms with Crippen molar-refractivity contribution in [3.05, 3.63) is 0 Å². The summed E-state index contributed by atoms with van der Waals surface area (Å²) in [5.74, 6) is -0.259. The highest BCUT2D eigenvalue weighted by molar-refractivity contribution is 5.86. The summed E-state index contributed by atoms with van der Waals surface area (Å²) >= 11 is 0. The van der Waals surface area contributed by atoms with Gasteiger partial charge in [0, 0.05) is 0 Å². The van der Waals surface area contributed by atoms with Crippen LogP contribution in [0.5, 0.6) is 0 Å². The molecule has 1 aliphatic rings. The third-order valence-electron chi connectivity index (χ3n) is 3.09. The monoisotopic (exact) mass is 227 g/mol. The molecule has 0 aromatic heterocycles. The molecule has 0 aliphatic heterocycles. The van der Waals surface area contributed by atoms with E-state index in [1.807, 2.05) is 0 Å². The molecular weight excluding hydrogens is 206 g/mol. The van der Waals surface area contributed by atoms with Gasteiger partial charge in [-0.15, -0.1) is 0 Å². The molecule has 1 aliphatic carbocycles. The maximum absolute atomic E-state index is 11.5. The van der Waals surface area contributed by atoms with Crippen LogP contribution in [-0.4, -0.2) is 24.4 Å². The molecule has 92 valence electrons. The second kappa shape index (κ2) is 6.48. The van der Waals surface area contributed by atoms with E-state index < -0.39 is 11.9 Å². The molecule has 1 atom stereocenters. The van der Waals surface area contributed by atoms with Crippen LogP contribution in [0.15, 0.2) is 0 Å². The normalized spacial score (nSPS) is 19.1. The molecule has 5 nitrogen and oxygen atoms in total. The predicted molar refractivity (Wildman–Crippen MR) is 61.4 cm³/mol. The Balaban J connectivity index is 2.24. The number of nitrogens with two attached hydrogens (primary N) is 2. The molecule has 0 heterocycles. The van der Waals surface area contributed by atoms with Crippen molar-refractivity contribution < 1.29 is 9.59 Å². The Morgan fingerprint density at radius 3 is 2.44 bits per heavy atom. The van der Waals surface area contributed by atoms with Crippen LogP contribution in [-0.2, 0) is 9.59 Å². The van der Waals surface area contributed by atoms with Gasteiger partial charge in [-0.25, -0.2) is 0 Å². The molecule has 1 unspecified atom stereocenters. The van der Waals surface area contributed by atoms with E-state index in [0.29, 0.717) is 12.3 Å². The van der Waals surface area contributed by atoms with Crippen LogP contribution in [0.4, 0.5) is 0 Å². The largest absolute Gasteiger partial charge is 0.368 e. The Morgan fingerprint density at radius 2 is 1.88 bits per heavy atom. The number of hydrogen-bond donors (Lipinski definition) is 3. The van der Waals surface area contributed by atoms with Gasteiger partial charge in [-0.3, -0.25) is 9.59 Å². The number of rotatable bonds is 5. The van der Waals surface area contributed by atoms with E-state index in [1.165, 1.54) is 19.3 Å². The Kier molecular flexibility index (Phi) is 5.25. The van der Waals surface area contributed by atoms with E-state index in [4.69, 9.17) is 11.5 Å². The molecular formula is C11H21N3O2. The van der Waals surface area contributed by atoms with Crippen molar-refractivity contribution in [1.29, 1.82) is 0 Å². The van der Waals surface area contributed by atoms with Gasteiger partial charge in [0.05, 0.1) is 12.6 Å². The number of carbonyl (C=O) groups excluding carboxylic acids is 2. The Morgan fingerprint density at radius 1 is 1.25 bits per heavy atom. The van der Waals surface area contributed by atoms with Gasteiger partial charge >= 0.3 is 0 Å². The summed E-state index contributed by atoms with van der Waals surface area (Å²) in [6.45, 7) is -0.128. The minimum absolute atomic E-state index is 0.128. The van der Waals surface area contributed by atoms with E-state index in [2.05, 4.69) is 5.32 Å². The van der Waals surface area contributed by atoms with Crippen molar-refractivity contribution >= 4 is 11.8 Å². The first kappa shape index (κ1) is 13.0. The van der Waals surface area contributed by atoms with Crippen LogP contribution in [0.1, 0.15) is 38.5 Å². The van der Waals surface area contributed by atoms with E-state index in [0.717, 1.165) is 12.8 Å². The first-order valence-corrected chi connectivity index (χ1v) is 5.91. The lowest BCUT2D eigenvalue weighted by molar-refractivity contribution is -0.126. The standard InChI is InChI=1S/C11H21N3O2/c12-9(11(16)14-7-10(13)15)6-8-4-2-1-3-5-8/h8-9H,1-7,12H2,(H2,13,15)(H,14,16). The zero-order valence-corrected chi connectivity index (χ0v) is 9.58. The Bertz CT molecular complexity index is 250. The number of nitrogens with one attached hydrogen (secondary N) is 1. The van der Waals surface area contributed by atoms with Gasteiger partial charge in [-0.2, -0.15) is 0 Å². The predicted octanol–water partition coefficient (Wildman–Crippen LogP) is -0.114. The molecule has 1 saturated carbocycles. The van der Waals surface area contributed by atoms with Crippen molar-refractivity contribution in [2.75, 3.05) is 6.54 Å². The second-order valence-electron chi connectivity index (χ2n) is 4.53. The number of amides is 2. The molecule has 5 heteroatoms. The van der Waals surface area contributed by atoms with E-state index >= 15 is 0 Å². The Labute approximate surface area is 95.9 Å². The zero-order chi connectivity index (χ0) is 12.0. The van der Waals surface area contributed by atoms with Gasteiger partial charge in [0.2, 0.25) is 11.8 Å². The fraction of sp³-hybridized carbons (Fsp3) is 0.818. The third kappa shape index (κ3) is 4.61. The van der Waals surface area contributed by atoms with Gasteiger partial charge in [0.1, 0.15) is 0 Å². The summed E-state index contributed by atoms with van der Waals surface area (Å²) in [7, 11) is 0. The SMILES string of the molecule is NC(=O)CNC(=O)C(N)CC1CCCCC1. The molecule has 1 fully saturated rings. The van der Waals surface area contributed by atoms with Gasteiger partial charge in [0.15, 0.2) is 0 Å². The average molecular weight is 227 g/mol. The quantitative estimate of drug-likeness (QED) is 0.611. The van der Waals surface area contributed by atoms with Crippen LogP contribution >= 0.6 is 0 Å².